The minimum atomic E-state index is -0.804. The van der Waals surface area contributed by atoms with Gasteiger partial charge >= 0.3 is 6.09 Å². The van der Waals surface area contributed by atoms with Crippen molar-refractivity contribution in [1.29, 1.82) is 0 Å². The van der Waals surface area contributed by atoms with E-state index in [0.29, 0.717) is 12.2 Å². The molecule has 4 rings (SSSR count). The first kappa shape index (κ1) is 19.7. The third-order valence-electron chi connectivity index (χ3n) is 4.77. The molecule has 1 atom stereocenters. The van der Waals surface area contributed by atoms with Gasteiger partial charge in [-0.05, 0) is 48.2 Å². The lowest BCUT2D eigenvalue weighted by Gasteiger charge is -2.18. The minimum absolute atomic E-state index is 0.299. The predicted molar refractivity (Wildman–Crippen MR) is 119 cm³/mol. The molecule has 152 valence electrons. The van der Waals surface area contributed by atoms with Crippen LogP contribution < -0.4 is 15.4 Å². The fourth-order valence-electron chi connectivity index (χ4n) is 3.34. The number of thiophene rings is 1. The zero-order valence-electron chi connectivity index (χ0n) is 16.3. The summed E-state index contributed by atoms with van der Waals surface area (Å²) in [5.74, 6) is 0.114. The van der Waals surface area contributed by atoms with Crippen LogP contribution >= 0.6 is 11.3 Å². The molecule has 2 heterocycles. The van der Waals surface area contributed by atoms with E-state index in [4.69, 9.17) is 4.74 Å². The number of aromatic nitrogens is 1. The van der Waals surface area contributed by atoms with Gasteiger partial charge in [0.15, 0.2) is 0 Å². The summed E-state index contributed by atoms with van der Waals surface area (Å²) in [6.45, 7) is 1.96. The van der Waals surface area contributed by atoms with Crippen molar-refractivity contribution in [2.75, 3.05) is 5.32 Å². The van der Waals surface area contributed by atoms with E-state index >= 15 is 0 Å². The normalized spacial score (nSPS) is 11.8. The highest BCUT2D eigenvalue weighted by Crippen LogP contribution is 2.24. The van der Waals surface area contributed by atoms with E-state index in [0.717, 1.165) is 27.2 Å². The third-order valence-corrected chi connectivity index (χ3v) is 5.55. The number of aromatic amines is 1. The van der Waals surface area contributed by atoms with E-state index in [1.54, 1.807) is 24.3 Å². The largest absolute Gasteiger partial charge is 0.413 e. The Labute approximate surface area is 177 Å². The van der Waals surface area contributed by atoms with Crippen LogP contribution in [-0.4, -0.2) is 23.0 Å². The minimum Gasteiger partial charge on any atom is -0.410 e. The van der Waals surface area contributed by atoms with Gasteiger partial charge in [-0.3, -0.25) is 4.79 Å². The summed E-state index contributed by atoms with van der Waals surface area (Å²) in [5, 5.41) is 9.23. The van der Waals surface area contributed by atoms with Crippen LogP contribution in [0.1, 0.15) is 11.3 Å². The Morgan fingerprint density at radius 1 is 1.03 bits per heavy atom. The number of para-hydroxylation sites is 2. The van der Waals surface area contributed by atoms with Gasteiger partial charge in [-0.25, -0.2) is 4.79 Å². The van der Waals surface area contributed by atoms with Gasteiger partial charge in [0.2, 0.25) is 5.91 Å². The van der Waals surface area contributed by atoms with Gasteiger partial charge in [-0.1, -0.05) is 36.4 Å². The SMILES string of the molecule is Cc1[nH]c2ccccc2c1C[C@@H](NC(=O)Oc1ccccc1)C(=O)Nc1cccs1. The van der Waals surface area contributed by atoms with E-state index in [1.165, 1.54) is 11.3 Å². The highest BCUT2D eigenvalue weighted by Gasteiger charge is 2.25. The molecule has 0 saturated carbocycles. The summed E-state index contributed by atoms with van der Waals surface area (Å²) in [6.07, 6.45) is -0.346. The topological polar surface area (TPSA) is 83.2 Å². The van der Waals surface area contributed by atoms with Crippen molar-refractivity contribution in [3.63, 3.8) is 0 Å². The number of anilines is 1. The van der Waals surface area contributed by atoms with Gasteiger partial charge in [0.1, 0.15) is 11.8 Å². The van der Waals surface area contributed by atoms with Crippen LogP contribution in [0.4, 0.5) is 9.80 Å². The Kier molecular flexibility index (Phi) is 5.81. The van der Waals surface area contributed by atoms with Crippen molar-refractivity contribution in [3.8, 4) is 5.75 Å². The summed E-state index contributed by atoms with van der Waals surface area (Å²) in [5.41, 5.74) is 2.94. The Balaban J connectivity index is 1.57. The third kappa shape index (κ3) is 4.52. The van der Waals surface area contributed by atoms with Gasteiger partial charge in [0.25, 0.3) is 0 Å². The maximum Gasteiger partial charge on any atom is 0.413 e. The van der Waals surface area contributed by atoms with Crippen molar-refractivity contribution in [2.24, 2.45) is 0 Å². The number of hydrogen-bond acceptors (Lipinski definition) is 4. The van der Waals surface area contributed by atoms with Crippen LogP contribution in [0.5, 0.6) is 5.75 Å². The van der Waals surface area contributed by atoms with Crippen LogP contribution in [0.15, 0.2) is 72.1 Å². The van der Waals surface area contributed by atoms with Gasteiger partial charge in [-0.15, -0.1) is 11.3 Å². The van der Waals surface area contributed by atoms with Crippen LogP contribution in [0.3, 0.4) is 0 Å². The van der Waals surface area contributed by atoms with Crippen molar-refractivity contribution in [3.05, 3.63) is 83.4 Å². The maximum atomic E-state index is 13.0. The fourth-order valence-corrected chi connectivity index (χ4v) is 3.96. The molecule has 0 fully saturated rings. The molecule has 4 aromatic rings. The fraction of sp³-hybridized carbons (Fsp3) is 0.130. The second-order valence-electron chi connectivity index (χ2n) is 6.84. The number of benzene rings is 2. The number of fused-ring (bicyclic) bond motifs is 1. The second kappa shape index (κ2) is 8.84. The number of amides is 2. The second-order valence-corrected chi connectivity index (χ2v) is 7.79. The molecule has 30 heavy (non-hydrogen) atoms. The van der Waals surface area contributed by atoms with E-state index in [-0.39, 0.29) is 5.91 Å². The Hall–Kier alpha value is -3.58. The summed E-state index contributed by atoms with van der Waals surface area (Å²) in [4.78, 5) is 28.8. The molecule has 0 aliphatic carbocycles. The zero-order chi connectivity index (χ0) is 20.9. The molecule has 0 radical (unpaired) electrons. The first-order chi connectivity index (χ1) is 14.6. The summed E-state index contributed by atoms with van der Waals surface area (Å²) in [7, 11) is 0. The van der Waals surface area contributed by atoms with Gasteiger partial charge < -0.3 is 20.4 Å². The van der Waals surface area contributed by atoms with E-state index in [9.17, 15) is 9.59 Å². The number of nitrogens with one attached hydrogen (secondary N) is 3. The standard InChI is InChI=1S/C23H21N3O3S/c1-15-18(17-10-5-6-11-19(17)24-15)14-20(22(27)26-21-12-7-13-30-21)25-23(28)29-16-8-3-2-4-9-16/h2-13,20,24H,14H2,1H3,(H,25,28)(H,26,27)/t20-/m1/s1. The molecule has 0 bridgehead atoms. The van der Waals surface area contributed by atoms with E-state index in [1.807, 2.05) is 54.8 Å². The molecule has 0 spiro atoms. The quantitative estimate of drug-likeness (QED) is 0.417. The molecule has 2 aromatic carbocycles. The lowest BCUT2D eigenvalue weighted by atomic mass is 10.0. The zero-order valence-corrected chi connectivity index (χ0v) is 17.2. The van der Waals surface area contributed by atoms with Crippen LogP contribution in [0, 0.1) is 6.92 Å². The summed E-state index contributed by atoms with van der Waals surface area (Å²) in [6, 6.07) is 19.5. The van der Waals surface area contributed by atoms with Crippen LogP contribution in [-0.2, 0) is 11.2 Å². The molecule has 2 amide bonds. The van der Waals surface area contributed by atoms with Crippen LogP contribution in [0.2, 0.25) is 0 Å². The van der Waals surface area contributed by atoms with Gasteiger partial charge in [0.05, 0.1) is 5.00 Å². The van der Waals surface area contributed by atoms with Gasteiger partial charge in [0, 0.05) is 23.0 Å². The van der Waals surface area contributed by atoms with Crippen molar-refractivity contribution >= 4 is 39.2 Å². The highest BCUT2D eigenvalue weighted by molar-refractivity contribution is 7.14. The molecule has 0 aliphatic heterocycles. The van der Waals surface area contributed by atoms with Crippen LogP contribution in [0.25, 0.3) is 10.9 Å². The van der Waals surface area contributed by atoms with Crippen molar-refractivity contribution in [1.82, 2.24) is 10.3 Å². The van der Waals surface area contributed by atoms with E-state index in [2.05, 4.69) is 15.6 Å². The number of H-pyrrole nitrogens is 1. The average molecular weight is 420 g/mol. The smallest absolute Gasteiger partial charge is 0.410 e. The molecule has 0 saturated heterocycles. The first-order valence-corrected chi connectivity index (χ1v) is 10.4. The molecule has 0 aliphatic rings. The van der Waals surface area contributed by atoms with Crippen molar-refractivity contribution in [2.45, 2.75) is 19.4 Å². The number of ether oxygens (including phenoxy) is 1. The van der Waals surface area contributed by atoms with E-state index < -0.39 is 12.1 Å². The first-order valence-electron chi connectivity index (χ1n) is 9.54. The van der Waals surface area contributed by atoms with Gasteiger partial charge in [-0.2, -0.15) is 0 Å². The molecule has 6 nitrogen and oxygen atoms in total. The number of carbonyl (C=O) groups is 2. The summed E-state index contributed by atoms with van der Waals surface area (Å²) >= 11 is 1.42. The lowest BCUT2D eigenvalue weighted by molar-refractivity contribution is -0.118. The molecular formula is C23H21N3O3S. The molecular weight excluding hydrogens is 398 g/mol. The molecule has 2 aromatic heterocycles. The average Bonchev–Trinajstić information content (AvgIpc) is 3.36. The number of hydrogen-bond donors (Lipinski definition) is 3. The predicted octanol–water partition coefficient (Wildman–Crippen LogP) is 4.88. The van der Waals surface area contributed by atoms with Crippen molar-refractivity contribution < 1.29 is 14.3 Å². The number of carbonyl (C=O) groups excluding carboxylic acids is 2. The highest BCUT2D eigenvalue weighted by atomic mass is 32.1. The molecule has 0 unspecified atom stereocenters. The Morgan fingerprint density at radius 3 is 2.57 bits per heavy atom. The molecule has 3 N–H and O–H groups in total. The number of rotatable bonds is 6. The Morgan fingerprint density at radius 2 is 1.80 bits per heavy atom. The Bertz CT molecular complexity index is 1150. The summed E-state index contributed by atoms with van der Waals surface area (Å²) < 4.78 is 5.33. The monoisotopic (exact) mass is 419 g/mol. The number of aryl methyl sites for hydroxylation is 1. The lowest BCUT2D eigenvalue weighted by Crippen LogP contribution is -2.46. The maximum absolute atomic E-state index is 13.0. The molecule has 7 heteroatoms.